The summed E-state index contributed by atoms with van der Waals surface area (Å²) in [5.41, 5.74) is 0. The van der Waals surface area contributed by atoms with Crippen molar-refractivity contribution in [2.75, 3.05) is 6.61 Å². The van der Waals surface area contributed by atoms with E-state index in [1.54, 1.807) is 6.92 Å². The van der Waals surface area contributed by atoms with E-state index in [1.165, 1.54) is 0 Å². The van der Waals surface area contributed by atoms with Gasteiger partial charge in [0.15, 0.2) is 0 Å². The summed E-state index contributed by atoms with van der Waals surface area (Å²) in [5.74, 6) is 0. The van der Waals surface area contributed by atoms with Crippen LogP contribution in [-0.4, -0.2) is 54.9 Å². The van der Waals surface area contributed by atoms with Crippen molar-refractivity contribution < 1.29 is 10.6 Å². The SMILES string of the molecule is CCO.O.[CaH2]. The second-order valence-electron chi connectivity index (χ2n) is 0.316. The average molecular weight is 106 g/mol. The van der Waals surface area contributed by atoms with Crippen molar-refractivity contribution in [1.82, 2.24) is 0 Å². The Labute approximate surface area is 61.5 Å². The first-order chi connectivity index (χ1) is 1.41. The van der Waals surface area contributed by atoms with Gasteiger partial charge < -0.3 is 10.6 Å². The maximum absolute atomic E-state index is 7.57. The summed E-state index contributed by atoms with van der Waals surface area (Å²) in [5, 5.41) is 7.57. The molecule has 3 heteroatoms. The second kappa shape index (κ2) is 19.0. The van der Waals surface area contributed by atoms with E-state index in [1.807, 2.05) is 0 Å². The van der Waals surface area contributed by atoms with Crippen LogP contribution in [0, 0.1) is 0 Å². The van der Waals surface area contributed by atoms with Crippen LogP contribution < -0.4 is 0 Å². The zero-order valence-electron chi connectivity index (χ0n) is 2.65. The molecule has 0 aromatic heterocycles. The molecule has 32 valence electrons. The fourth-order valence-electron chi connectivity index (χ4n) is 0. The third-order valence-electron chi connectivity index (χ3n) is 0. The maximum atomic E-state index is 7.57. The third-order valence-corrected chi connectivity index (χ3v) is 0. The van der Waals surface area contributed by atoms with Gasteiger partial charge >= 0.3 is 37.7 Å². The van der Waals surface area contributed by atoms with Crippen LogP contribution in [-0.2, 0) is 0 Å². The zero-order valence-corrected chi connectivity index (χ0v) is 2.65. The van der Waals surface area contributed by atoms with E-state index in [9.17, 15) is 0 Å². The normalized spacial score (nSPS) is 3.60. The zero-order chi connectivity index (χ0) is 2.71. The molecule has 0 saturated carbocycles. The first-order valence-electron chi connectivity index (χ1n) is 1.02. The molecule has 0 saturated heterocycles. The topological polar surface area (TPSA) is 51.7 Å². The Kier molecular flexibility index (Phi) is 62.5. The molecule has 0 aliphatic rings. The van der Waals surface area contributed by atoms with Gasteiger partial charge in [0, 0.05) is 6.61 Å². The van der Waals surface area contributed by atoms with Gasteiger partial charge in [0.2, 0.25) is 0 Å². The Morgan fingerprint density at radius 3 is 1.60 bits per heavy atom. The van der Waals surface area contributed by atoms with E-state index in [0.717, 1.165) is 0 Å². The molecule has 0 aliphatic heterocycles. The van der Waals surface area contributed by atoms with Gasteiger partial charge in [-0.3, -0.25) is 0 Å². The molecule has 5 heavy (non-hydrogen) atoms. The Hall–Kier alpha value is 1.18. The minimum absolute atomic E-state index is 0. The van der Waals surface area contributed by atoms with Crippen molar-refractivity contribution in [2.24, 2.45) is 0 Å². The predicted molar refractivity (Wildman–Crippen MR) is 24.9 cm³/mol. The first-order valence-corrected chi connectivity index (χ1v) is 1.02. The molecule has 0 heterocycles. The second-order valence-corrected chi connectivity index (χ2v) is 0.316. The quantitative estimate of drug-likeness (QED) is 0.366. The monoisotopic (exact) mass is 106 g/mol. The molecule has 0 rings (SSSR count). The van der Waals surface area contributed by atoms with Crippen LogP contribution in [0.4, 0.5) is 0 Å². The van der Waals surface area contributed by atoms with Crippen molar-refractivity contribution in [2.45, 2.75) is 6.92 Å². The summed E-state index contributed by atoms with van der Waals surface area (Å²) in [6, 6.07) is 0. The molecule has 0 spiro atoms. The van der Waals surface area contributed by atoms with E-state index in [-0.39, 0.29) is 49.8 Å². The van der Waals surface area contributed by atoms with Crippen molar-refractivity contribution in [3.8, 4) is 0 Å². The molecule has 0 radical (unpaired) electrons. The van der Waals surface area contributed by atoms with E-state index in [0.29, 0.717) is 0 Å². The average Bonchev–Trinajstić information content (AvgIpc) is 0.918. The summed E-state index contributed by atoms with van der Waals surface area (Å²) in [6.07, 6.45) is 0. The van der Waals surface area contributed by atoms with E-state index < -0.39 is 0 Å². The van der Waals surface area contributed by atoms with Crippen molar-refractivity contribution in [3.05, 3.63) is 0 Å². The van der Waals surface area contributed by atoms with Gasteiger partial charge in [0.25, 0.3) is 0 Å². The van der Waals surface area contributed by atoms with Crippen LogP contribution in [0.3, 0.4) is 0 Å². The number of hydrogen-bond acceptors (Lipinski definition) is 1. The summed E-state index contributed by atoms with van der Waals surface area (Å²) in [4.78, 5) is 0. The first kappa shape index (κ1) is 16.4. The van der Waals surface area contributed by atoms with Crippen molar-refractivity contribution in [1.29, 1.82) is 0 Å². The molecular formula is C2H10CaO2. The van der Waals surface area contributed by atoms with Gasteiger partial charge in [0.05, 0.1) is 0 Å². The molecule has 0 fully saturated rings. The standard InChI is InChI=1S/C2H6O.Ca.H2O.2H/c1-2-3;;;;/h3H,2H2,1H3;;1H2;;. The van der Waals surface area contributed by atoms with Crippen molar-refractivity contribution >= 4 is 37.7 Å². The molecule has 3 N–H and O–H groups in total. The summed E-state index contributed by atoms with van der Waals surface area (Å²) in [6.45, 7) is 1.93. The van der Waals surface area contributed by atoms with Crippen LogP contribution in [0.2, 0.25) is 0 Å². The fraction of sp³-hybridized carbons (Fsp3) is 1.00. The van der Waals surface area contributed by atoms with Gasteiger partial charge in [-0.25, -0.2) is 0 Å². The van der Waals surface area contributed by atoms with Crippen LogP contribution in [0.25, 0.3) is 0 Å². The van der Waals surface area contributed by atoms with Gasteiger partial charge in [-0.2, -0.15) is 0 Å². The Morgan fingerprint density at radius 1 is 1.60 bits per heavy atom. The van der Waals surface area contributed by atoms with Gasteiger partial charge in [-0.15, -0.1) is 0 Å². The van der Waals surface area contributed by atoms with Crippen molar-refractivity contribution in [3.63, 3.8) is 0 Å². The van der Waals surface area contributed by atoms with E-state index in [2.05, 4.69) is 0 Å². The summed E-state index contributed by atoms with van der Waals surface area (Å²) in [7, 11) is 0. The van der Waals surface area contributed by atoms with E-state index >= 15 is 0 Å². The molecule has 0 unspecified atom stereocenters. The molecule has 0 amide bonds. The van der Waals surface area contributed by atoms with E-state index in [4.69, 9.17) is 5.11 Å². The molecule has 2 nitrogen and oxygen atoms in total. The predicted octanol–water partition coefficient (Wildman–Crippen LogP) is -1.74. The Bertz CT molecular complexity index is 7.61. The number of rotatable bonds is 0. The van der Waals surface area contributed by atoms with Crippen LogP contribution in [0.15, 0.2) is 0 Å². The minimum atomic E-state index is 0. The summed E-state index contributed by atoms with van der Waals surface area (Å²) < 4.78 is 0. The molecule has 0 aliphatic carbocycles. The number of aliphatic hydroxyl groups excluding tert-OH is 1. The molecule has 0 atom stereocenters. The number of aliphatic hydroxyl groups is 1. The fourth-order valence-corrected chi connectivity index (χ4v) is 0. The Balaban J connectivity index is -0.0000000200. The molecule has 0 aromatic carbocycles. The number of hydrogen-bond donors (Lipinski definition) is 1. The van der Waals surface area contributed by atoms with Crippen LogP contribution in [0.1, 0.15) is 6.92 Å². The van der Waals surface area contributed by atoms with Gasteiger partial charge in [-0.05, 0) is 6.92 Å². The molecular weight excluding hydrogens is 96.1 g/mol. The molecule has 0 bridgehead atoms. The summed E-state index contributed by atoms with van der Waals surface area (Å²) >= 11 is 0. The Morgan fingerprint density at radius 2 is 1.60 bits per heavy atom. The van der Waals surface area contributed by atoms with Gasteiger partial charge in [-0.1, -0.05) is 0 Å². The third kappa shape index (κ3) is 37.6. The van der Waals surface area contributed by atoms with Gasteiger partial charge in [0.1, 0.15) is 0 Å². The molecule has 0 aromatic rings. The van der Waals surface area contributed by atoms with Crippen LogP contribution in [0.5, 0.6) is 0 Å². The van der Waals surface area contributed by atoms with Crippen LogP contribution >= 0.6 is 0 Å².